The quantitative estimate of drug-likeness (QED) is 0.837. The van der Waals surface area contributed by atoms with Crippen LogP contribution in [-0.4, -0.2) is 6.54 Å². The lowest BCUT2D eigenvalue weighted by atomic mass is 9.93. The van der Waals surface area contributed by atoms with E-state index in [2.05, 4.69) is 36.9 Å². The number of hydrogen-bond donors (Lipinski definition) is 1. The summed E-state index contributed by atoms with van der Waals surface area (Å²) in [6.45, 7) is 3.02. The number of quaternary nitrogens is 1. The fourth-order valence-corrected chi connectivity index (χ4v) is 1.97. The Balaban J connectivity index is 2.29. The molecule has 1 atom stereocenters. The van der Waals surface area contributed by atoms with Gasteiger partial charge in [-0.1, -0.05) is 29.8 Å². The van der Waals surface area contributed by atoms with Crippen molar-refractivity contribution in [3.8, 4) is 0 Å². The van der Waals surface area contributed by atoms with Crippen LogP contribution >= 0.6 is 0 Å². The molecule has 3 N–H and O–H groups in total. The highest BCUT2D eigenvalue weighted by molar-refractivity contribution is 5.29. The van der Waals surface area contributed by atoms with Gasteiger partial charge in [0.15, 0.2) is 0 Å². The van der Waals surface area contributed by atoms with Gasteiger partial charge >= 0.3 is 0 Å². The summed E-state index contributed by atoms with van der Waals surface area (Å²) >= 11 is 0. The van der Waals surface area contributed by atoms with Gasteiger partial charge in [-0.05, 0) is 24.6 Å². The predicted molar refractivity (Wildman–Crippen MR) is 64.1 cm³/mol. The van der Waals surface area contributed by atoms with Crippen LogP contribution in [0.5, 0.6) is 0 Å². The molecule has 16 heavy (non-hydrogen) atoms. The molecule has 0 saturated heterocycles. The van der Waals surface area contributed by atoms with E-state index in [1.165, 1.54) is 11.1 Å². The van der Waals surface area contributed by atoms with E-state index in [1.54, 1.807) is 6.26 Å². The predicted octanol–water partition coefficient (Wildman–Crippen LogP) is 2.35. The SMILES string of the molecule is Cc1ccc([C@@H](CC[NH3+])c2ccco2)cc1. The molecule has 84 valence electrons. The zero-order valence-electron chi connectivity index (χ0n) is 9.65. The second-order valence-electron chi connectivity index (χ2n) is 4.12. The monoisotopic (exact) mass is 216 g/mol. The van der Waals surface area contributed by atoms with E-state index >= 15 is 0 Å². The van der Waals surface area contributed by atoms with Crippen LogP contribution in [0.3, 0.4) is 0 Å². The van der Waals surface area contributed by atoms with Gasteiger partial charge in [-0.15, -0.1) is 0 Å². The molecule has 1 aromatic carbocycles. The van der Waals surface area contributed by atoms with Gasteiger partial charge in [0, 0.05) is 12.3 Å². The molecule has 0 saturated carbocycles. The van der Waals surface area contributed by atoms with E-state index in [0.717, 1.165) is 18.7 Å². The second kappa shape index (κ2) is 4.99. The maximum atomic E-state index is 5.51. The molecule has 2 rings (SSSR count). The fraction of sp³-hybridized carbons (Fsp3) is 0.286. The van der Waals surface area contributed by atoms with Gasteiger partial charge in [-0.25, -0.2) is 0 Å². The molecule has 0 unspecified atom stereocenters. The standard InChI is InChI=1S/C14H17NO/c1-11-4-6-12(7-5-11)13(8-9-15)14-3-2-10-16-14/h2-7,10,13H,8-9,15H2,1H3/p+1/t13-/m1/s1. The van der Waals surface area contributed by atoms with Gasteiger partial charge in [0.2, 0.25) is 0 Å². The van der Waals surface area contributed by atoms with Crippen molar-refractivity contribution in [2.45, 2.75) is 19.3 Å². The van der Waals surface area contributed by atoms with E-state index in [0.29, 0.717) is 5.92 Å². The smallest absolute Gasteiger partial charge is 0.111 e. The maximum Gasteiger partial charge on any atom is 0.111 e. The van der Waals surface area contributed by atoms with Crippen molar-refractivity contribution in [3.63, 3.8) is 0 Å². The summed E-state index contributed by atoms with van der Waals surface area (Å²) in [4.78, 5) is 0. The molecular formula is C14H18NO+. The molecule has 0 amide bonds. The molecule has 1 aromatic heterocycles. The summed E-state index contributed by atoms with van der Waals surface area (Å²) in [5.74, 6) is 1.38. The van der Waals surface area contributed by atoms with Crippen LogP contribution in [0.25, 0.3) is 0 Å². The van der Waals surface area contributed by atoms with E-state index in [4.69, 9.17) is 4.42 Å². The fourth-order valence-electron chi connectivity index (χ4n) is 1.97. The van der Waals surface area contributed by atoms with Crippen molar-refractivity contribution in [3.05, 3.63) is 59.5 Å². The summed E-state index contributed by atoms with van der Waals surface area (Å²) in [5, 5.41) is 0. The molecule has 1 heterocycles. The van der Waals surface area contributed by atoms with Crippen LogP contribution in [0.2, 0.25) is 0 Å². The molecule has 2 nitrogen and oxygen atoms in total. The van der Waals surface area contributed by atoms with Crippen LogP contribution in [-0.2, 0) is 0 Å². The minimum Gasteiger partial charge on any atom is -0.469 e. The lowest BCUT2D eigenvalue weighted by Crippen LogP contribution is -2.50. The van der Waals surface area contributed by atoms with Crippen LogP contribution < -0.4 is 5.73 Å². The zero-order valence-corrected chi connectivity index (χ0v) is 9.65. The van der Waals surface area contributed by atoms with Crippen molar-refractivity contribution in [2.75, 3.05) is 6.54 Å². The molecule has 0 radical (unpaired) electrons. The number of benzene rings is 1. The summed E-state index contributed by atoms with van der Waals surface area (Å²) in [6, 6.07) is 12.6. The molecular weight excluding hydrogens is 198 g/mol. The van der Waals surface area contributed by atoms with Crippen molar-refractivity contribution >= 4 is 0 Å². The Morgan fingerprint density at radius 3 is 2.50 bits per heavy atom. The van der Waals surface area contributed by atoms with E-state index in [1.807, 2.05) is 12.1 Å². The zero-order chi connectivity index (χ0) is 11.4. The molecule has 2 aromatic rings. The van der Waals surface area contributed by atoms with Gasteiger partial charge in [-0.2, -0.15) is 0 Å². The first-order valence-electron chi connectivity index (χ1n) is 5.70. The van der Waals surface area contributed by atoms with Crippen LogP contribution in [0.4, 0.5) is 0 Å². The van der Waals surface area contributed by atoms with Crippen LogP contribution in [0, 0.1) is 6.92 Å². The van der Waals surface area contributed by atoms with E-state index in [9.17, 15) is 0 Å². The van der Waals surface area contributed by atoms with Gasteiger partial charge in [-0.3, -0.25) is 0 Å². The van der Waals surface area contributed by atoms with Gasteiger partial charge in [0.1, 0.15) is 5.76 Å². The van der Waals surface area contributed by atoms with Crippen LogP contribution in [0.15, 0.2) is 47.1 Å². The first kappa shape index (κ1) is 11.0. The lowest BCUT2D eigenvalue weighted by molar-refractivity contribution is -0.368. The van der Waals surface area contributed by atoms with Gasteiger partial charge < -0.3 is 10.2 Å². The summed E-state index contributed by atoms with van der Waals surface area (Å²) in [5.41, 5.74) is 6.53. The molecule has 0 aliphatic carbocycles. The molecule has 2 heteroatoms. The van der Waals surface area contributed by atoms with Gasteiger partial charge in [0.25, 0.3) is 0 Å². The number of hydrogen-bond acceptors (Lipinski definition) is 1. The normalized spacial score (nSPS) is 12.6. The highest BCUT2D eigenvalue weighted by Gasteiger charge is 2.16. The Labute approximate surface area is 96.1 Å². The molecule has 0 spiro atoms. The molecule has 0 aliphatic rings. The van der Waals surface area contributed by atoms with E-state index < -0.39 is 0 Å². The van der Waals surface area contributed by atoms with Gasteiger partial charge in [0.05, 0.1) is 12.8 Å². The largest absolute Gasteiger partial charge is 0.469 e. The maximum absolute atomic E-state index is 5.51. The third-order valence-corrected chi connectivity index (χ3v) is 2.86. The minimum absolute atomic E-state index is 0.341. The van der Waals surface area contributed by atoms with Crippen molar-refractivity contribution < 1.29 is 10.2 Å². The average molecular weight is 216 g/mol. The first-order chi connectivity index (χ1) is 7.81. The summed E-state index contributed by atoms with van der Waals surface area (Å²) < 4.78 is 5.51. The lowest BCUT2D eigenvalue weighted by Gasteiger charge is -2.13. The molecule has 0 fully saturated rings. The Bertz CT molecular complexity index is 417. The average Bonchev–Trinajstić information content (AvgIpc) is 2.81. The van der Waals surface area contributed by atoms with Crippen LogP contribution in [0.1, 0.15) is 29.2 Å². The molecule has 0 aliphatic heterocycles. The number of aryl methyl sites for hydroxylation is 1. The Morgan fingerprint density at radius 1 is 1.19 bits per heavy atom. The van der Waals surface area contributed by atoms with E-state index in [-0.39, 0.29) is 0 Å². The Kier molecular flexibility index (Phi) is 3.42. The van der Waals surface area contributed by atoms with Crippen molar-refractivity contribution in [1.82, 2.24) is 0 Å². The highest BCUT2D eigenvalue weighted by atomic mass is 16.3. The summed E-state index contributed by atoms with van der Waals surface area (Å²) in [7, 11) is 0. The third-order valence-electron chi connectivity index (χ3n) is 2.86. The number of furan rings is 1. The first-order valence-corrected chi connectivity index (χ1v) is 5.70. The van der Waals surface area contributed by atoms with Crippen molar-refractivity contribution in [1.29, 1.82) is 0 Å². The number of rotatable bonds is 4. The third kappa shape index (κ3) is 2.34. The minimum atomic E-state index is 0.341. The topological polar surface area (TPSA) is 40.8 Å². The Hall–Kier alpha value is -1.54. The highest BCUT2D eigenvalue weighted by Crippen LogP contribution is 2.27. The molecule has 0 bridgehead atoms. The second-order valence-corrected chi connectivity index (χ2v) is 4.12. The Morgan fingerprint density at radius 2 is 1.94 bits per heavy atom. The summed E-state index contributed by atoms with van der Waals surface area (Å²) in [6.07, 6.45) is 2.76. The van der Waals surface area contributed by atoms with Crippen molar-refractivity contribution in [2.24, 2.45) is 0 Å².